The van der Waals surface area contributed by atoms with Crippen LogP contribution in [0.15, 0.2) is 18.2 Å². The molecule has 0 spiro atoms. The fraction of sp³-hybridized carbons (Fsp3) is 0.611. The molecule has 0 heterocycles. The zero-order chi connectivity index (χ0) is 17.8. The number of rotatable bonds is 12. The first-order chi connectivity index (χ1) is 11.5. The second-order valence-electron chi connectivity index (χ2n) is 6.05. The van der Waals surface area contributed by atoms with E-state index >= 15 is 0 Å². The molecule has 6 heteroatoms. The Morgan fingerprint density at radius 2 is 1.67 bits per heavy atom. The Balaban J connectivity index is 2.20. The maximum Gasteiger partial charge on any atom is 0.271 e. The number of hydrogen-bond acceptors (Lipinski definition) is 3. The number of anilines is 1. The van der Waals surface area contributed by atoms with Crippen molar-refractivity contribution in [2.24, 2.45) is 0 Å². The predicted octanol–water partition coefficient (Wildman–Crippen LogP) is 6.11. The lowest BCUT2D eigenvalue weighted by Gasteiger charge is -2.07. The lowest BCUT2D eigenvalue weighted by atomic mass is 10.1. The smallest absolute Gasteiger partial charge is 0.271 e. The maximum atomic E-state index is 11.9. The lowest BCUT2D eigenvalue weighted by molar-refractivity contribution is -0.384. The van der Waals surface area contributed by atoms with Gasteiger partial charge in [-0.25, -0.2) is 0 Å². The molecule has 134 valence electrons. The van der Waals surface area contributed by atoms with Crippen LogP contribution in [-0.2, 0) is 4.79 Å². The highest BCUT2D eigenvalue weighted by Crippen LogP contribution is 2.26. The Morgan fingerprint density at radius 1 is 1.08 bits per heavy atom. The van der Waals surface area contributed by atoms with Gasteiger partial charge in [0.05, 0.1) is 15.6 Å². The zero-order valence-electron chi connectivity index (χ0n) is 14.4. The van der Waals surface area contributed by atoms with Crippen molar-refractivity contribution >= 4 is 28.9 Å². The molecule has 1 amide bonds. The summed E-state index contributed by atoms with van der Waals surface area (Å²) in [6.45, 7) is 2.21. The summed E-state index contributed by atoms with van der Waals surface area (Å²) in [6, 6.07) is 4.03. The first-order valence-corrected chi connectivity index (χ1v) is 9.16. The minimum atomic E-state index is -0.507. The third-order valence-electron chi connectivity index (χ3n) is 3.94. The molecule has 1 aromatic rings. The fourth-order valence-electron chi connectivity index (χ4n) is 2.53. The third-order valence-corrected chi connectivity index (χ3v) is 4.27. The Bertz CT molecular complexity index is 535. The summed E-state index contributed by atoms with van der Waals surface area (Å²) < 4.78 is 0. The Morgan fingerprint density at radius 3 is 2.25 bits per heavy atom. The number of hydrogen-bond donors (Lipinski definition) is 1. The molecule has 1 rings (SSSR count). The standard InChI is InChI=1S/C18H27ClN2O3/c1-2-3-4-5-6-7-8-9-10-11-18(22)20-17-14-15(21(23)24)12-13-16(17)19/h12-14H,2-11H2,1H3,(H,20,22). The first-order valence-electron chi connectivity index (χ1n) is 8.78. The van der Waals surface area contributed by atoms with E-state index in [0.29, 0.717) is 17.1 Å². The molecule has 0 radical (unpaired) electrons. The number of nitrogens with zero attached hydrogens (tertiary/aromatic N) is 1. The van der Waals surface area contributed by atoms with Gasteiger partial charge in [-0.3, -0.25) is 14.9 Å². The molecule has 24 heavy (non-hydrogen) atoms. The molecule has 0 aliphatic carbocycles. The van der Waals surface area contributed by atoms with E-state index in [4.69, 9.17) is 11.6 Å². The molecular formula is C18H27ClN2O3. The van der Waals surface area contributed by atoms with Crippen molar-refractivity contribution in [2.45, 2.75) is 71.1 Å². The van der Waals surface area contributed by atoms with E-state index in [-0.39, 0.29) is 11.6 Å². The number of nitrogens with one attached hydrogen (secondary N) is 1. The summed E-state index contributed by atoms with van der Waals surface area (Å²) >= 11 is 5.96. The number of nitro groups is 1. The van der Waals surface area contributed by atoms with Crippen molar-refractivity contribution in [3.63, 3.8) is 0 Å². The molecule has 0 unspecified atom stereocenters. The van der Waals surface area contributed by atoms with E-state index < -0.39 is 4.92 Å². The predicted molar refractivity (Wildman–Crippen MR) is 98.6 cm³/mol. The Labute approximate surface area is 148 Å². The molecular weight excluding hydrogens is 328 g/mol. The number of unbranched alkanes of at least 4 members (excludes halogenated alkanes) is 8. The summed E-state index contributed by atoms with van der Waals surface area (Å²) in [7, 11) is 0. The number of nitro benzene ring substituents is 1. The highest BCUT2D eigenvalue weighted by atomic mass is 35.5. The first kappa shape index (κ1) is 20.4. The summed E-state index contributed by atoms with van der Waals surface area (Å²) in [4.78, 5) is 22.2. The van der Waals surface area contributed by atoms with Crippen LogP contribution in [-0.4, -0.2) is 10.8 Å². The van der Waals surface area contributed by atoms with E-state index in [1.165, 1.54) is 56.7 Å². The van der Waals surface area contributed by atoms with Gasteiger partial charge in [-0.15, -0.1) is 0 Å². The van der Waals surface area contributed by atoms with Crippen molar-refractivity contribution in [2.75, 3.05) is 5.32 Å². The van der Waals surface area contributed by atoms with Gasteiger partial charge in [-0.05, 0) is 12.5 Å². The van der Waals surface area contributed by atoms with E-state index in [2.05, 4.69) is 12.2 Å². The highest BCUT2D eigenvalue weighted by Gasteiger charge is 2.11. The van der Waals surface area contributed by atoms with E-state index in [1.54, 1.807) is 0 Å². The van der Waals surface area contributed by atoms with Crippen LogP contribution in [0.5, 0.6) is 0 Å². The number of halogens is 1. The number of carbonyl (C=O) groups is 1. The summed E-state index contributed by atoms with van der Waals surface area (Å²) in [6.07, 6.45) is 11.1. The normalized spacial score (nSPS) is 10.6. The molecule has 1 aromatic carbocycles. The average Bonchev–Trinajstić information content (AvgIpc) is 2.55. The van der Waals surface area contributed by atoms with Crippen molar-refractivity contribution in [1.82, 2.24) is 0 Å². The minimum Gasteiger partial charge on any atom is -0.325 e. The van der Waals surface area contributed by atoms with Crippen LogP contribution in [0.4, 0.5) is 11.4 Å². The molecule has 5 nitrogen and oxygen atoms in total. The molecule has 0 bridgehead atoms. The lowest BCUT2D eigenvalue weighted by Crippen LogP contribution is -2.11. The van der Waals surface area contributed by atoms with Crippen molar-refractivity contribution < 1.29 is 9.72 Å². The SMILES string of the molecule is CCCCCCCCCCCC(=O)Nc1cc([N+](=O)[O-])ccc1Cl. The molecule has 0 aromatic heterocycles. The van der Waals surface area contributed by atoms with Gasteiger partial charge in [0, 0.05) is 18.6 Å². The second kappa shape index (κ2) is 11.8. The van der Waals surface area contributed by atoms with Crippen LogP contribution < -0.4 is 5.32 Å². The van der Waals surface area contributed by atoms with Crippen LogP contribution in [0, 0.1) is 10.1 Å². The molecule has 0 fully saturated rings. The topological polar surface area (TPSA) is 72.2 Å². The van der Waals surface area contributed by atoms with Crippen molar-refractivity contribution in [3.05, 3.63) is 33.3 Å². The van der Waals surface area contributed by atoms with Crippen LogP contribution >= 0.6 is 11.6 Å². The quantitative estimate of drug-likeness (QED) is 0.279. The minimum absolute atomic E-state index is 0.0854. The van der Waals surface area contributed by atoms with Gasteiger partial charge in [0.15, 0.2) is 0 Å². The Kier molecular flexibility index (Phi) is 10.1. The fourth-order valence-corrected chi connectivity index (χ4v) is 2.70. The van der Waals surface area contributed by atoms with Gasteiger partial charge in [0.25, 0.3) is 5.69 Å². The van der Waals surface area contributed by atoms with Gasteiger partial charge >= 0.3 is 0 Å². The van der Waals surface area contributed by atoms with Crippen LogP contribution in [0.2, 0.25) is 5.02 Å². The summed E-state index contributed by atoms with van der Waals surface area (Å²) in [5.41, 5.74) is 0.213. The summed E-state index contributed by atoms with van der Waals surface area (Å²) in [5.74, 6) is -0.152. The number of carbonyl (C=O) groups excluding carboxylic acids is 1. The van der Waals surface area contributed by atoms with Crippen LogP contribution in [0.1, 0.15) is 71.1 Å². The van der Waals surface area contributed by atoms with E-state index in [0.717, 1.165) is 19.3 Å². The van der Waals surface area contributed by atoms with Crippen LogP contribution in [0.25, 0.3) is 0 Å². The van der Waals surface area contributed by atoms with Crippen molar-refractivity contribution in [1.29, 1.82) is 0 Å². The number of non-ortho nitro benzene ring substituents is 1. The maximum absolute atomic E-state index is 11.9. The Hall–Kier alpha value is -1.62. The molecule has 0 atom stereocenters. The van der Waals surface area contributed by atoms with Gasteiger partial charge in [-0.1, -0.05) is 69.9 Å². The highest BCUT2D eigenvalue weighted by molar-refractivity contribution is 6.33. The van der Waals surface area contributed by atoms with Gasteiger partial charge < -0.3 is 5.32 Å². The summed E-state index contributed by atoms with van der Waals surface area (Å²) in [5, 5.41) is 13.7. The monoisotopic (exact) mass is 354 g/mol. The number of benzene rings is 1. The van der Waals surface area contributed by atoms with E-state index in [1.807, 2.05) is 0 Å². The molecule has 1 N–H and O–H groups in total. The zero-order valence-corrected chi connectivity index (χ0v) is 15.1. The molecule has 0 saturated carbocycles. The molecule has 0 aliphatic heterocycles. The number of amides is 1. The van der Waals surface area contributed by atoms with Gasteiger partial charge in [0.2, 0.25) is 5.91 Å². The van der Waals surface area contributed by atoms with Crippen molar-refractivity contribution in [3.8, 4) is 0 Å². The second-order valence-corrected chi connectivity index (χ2v) is 6.46. The average molecular weight is 355 g/mol. The largest absolute Gasteiger partial charge is 0.325 e. The third kappa shape index (κ3) is 8.29. The molecule has 0 saturated heterocycles. The molecule has 0 aliphatic rings. The van der Waals surface area contributed by atoms with Gasteiger partial charge in [-0.2, -0.15) is 0 Å². The van der Waals surface area contributed by atoms with Gasteiger partial charge in [0.1, 0.15) is 0 Å². The van der Waals surface area contributed by atoms with E-state index in [9.17, 15) is 14.9 Å². The van der Waals surface area contributed by atoms with Crippen LogP contribution in [0.3, 0.4) is 0 Å².